The molecule has 0 spiro atoms. The van der Waals surface area contributed by atoms with Gasteiger partial charge in [0.25, 0.3) is 0 Å². The fourth-order valence-corrected chi connectivity index (χ4v) is 5.74. The highest BCUT2D eigenvalue weighted by atomic mass is 35.5. The highest BCUT2D eigenvalue weighted by Gasteiger charge is 2.30. The van der Waals surface area contributed by atoms with Crippen LogP contribution in [0.4, 0.5) is 0 Å². The molecule has 1 unspecified atom stereocenters. The van der Waals surface area contributed by atoms with Gasteiger partial charge in [-0.2, -0.15) is 0 Å². The van der Waals surface area contributed by atoms with Gasteiger partial charge in [-0.3, -0.25) is 0 Å². The maximum absolute atomic E-state index is 13.1. The first kappa shape index (κ1) is 20.6. The minimum atomic E-state index is -0.563. The largest absolute Gasteiger partial charge is 0.464 e. The van der Waals surface area contributed by atoms with Crippen LogP contribution < -0.4 is 11.3 Å². The quantitative estimate of drug-likeness (QED) is 0.246. The van der Waals surface area contributed by atoms with Crippen molar-refractivity contribution in [1.29, 1.82) is 0 Å². The third-order valence-electron chi connectivity index (χ3n) is 7.43. The summed E-state index contributed by atoms with van der Waals surface area (Å²) in [4.78, 5) is 25.1. The third-order valence-corrected chi connectivity index (χ3v) is 7.87. The van der Waals surface area contributed by atoms with E-state index in [-0.39, 0.29) is 16.6 Å². The second kappa shape index (κ2) is 7.12. The van der Waals surface area contributed by atoms with Gasteiger partial charge < -0.3 is 17.7 Å². The summed E-state index contributed by atoms with van der Waals surface area (Å²) in [6.45, 7) is 3.81. The predicted molar refractivity (Wildman–Crippen MR) is 134 cm³/mol. The number of furan rings is 2. The van der Waals surface area contributed by atoms with Gasteiger partial charge in [0.05, 0.1) is 12.5 Å². The Hall–Kier alpha value is -3.77. The lowest BCUT2D eigenvalue weighted by Crippen LogP contribution is -2.12. The molecule has 0 saturated heterocycles. The molecule has 1 aliphatic rings. The van der Waals surface area contributed by atoms with Crippen LogP contribution in [-0.4, -0.2) is 0 Å². The molecule has 2 aromatic carbocycles. The molecule has 0 bridgehead atoms. The normalized spacial score (nSPS) is 15.7. The molecule has 0 aliphatic heterocycles. The summed E-state index contributed by atoms with van der Waals surface area (Å²) in [5.74, 6) is 0.0154. The molecule has 0 amide bonds. The number of aryl methyl sites for hydroxylation is 3. The van der Waals surface area contributed by atoms with E-state index in [0.29, 0.717) is 28.7 Å². The molecule has 7 rings (SSSR count). The molecule has 7 heteroatoms. The van der Waals surface area contributed by atoms with Gasteiger partial charge in [0.2, 0.25) is 0 Å². The summed E-state index contributed by atoms with van der Waals surface area (Å²) in [5.41, 5.74) is 6.01. The van der Waals surface area contributed by atoms with E-state index in [1.807, 2.05) is 19.1 Å². The van der Waals surface area contributed by atoms with Gasteiger partial charge in [-0.05, 0) is 73.4 Å². The second-order valence-electron chi connectivity index (χ2n) is 9.42. The van der Waals surface area contributed by atoms with Crippen LogP contribution in [0.1, 0.15) is 40.2 Å². The average molecular weight is 487 g/mol. The van der Waals surface area contributed by atoms with Crippen molar-refractivity contribution in [3.8, 4) is 0 Å². The molecule has 0 N–H and O–H groups in total. The molecule has 0 radical (unpaired) electrons. The molecule has 1 atom stereocenters. The Morgan fingerprint density at radius 2 is 1.51 bits per heavy atom. The summed E-state index contributed by atoms with van der Waals surface area (Å²) < 4.78 is 22.5. The molecule has 35 heavy (non-hydrogen) atoms. The number of halogens is 1. The SMILES string of the molecule is Cc1coc2cc3oc(=O)c4c(c3cc12)CCC4Cc1coc2cc3oc(=O)c(Cl)c(C)c3cc12. The van der Waals surface area contributed by atoms with E-state index >= 15 is 0 Å². The zero-order valence-electron chi connectivity index (χ0n) is 19.0. The Morgan fingerprint density at radius 3 is 2.34 bits per heavy atom. The van der Waals surface area contributed by atoms with Crippen LogP contribution in [0.3, 0.4) is 0 Å². The maximum Gasteiger partial charge on any atom is 0.355 e. The van der Waals surface area contributed by atoms with Gasteiger partial charge in [0.1, 0.15) is 27.4 Å². The monoisotopic (exact) mass is 486 g/mol. The number of hydrogen-bond acceptors (Lipinski definition) is 6. The topological polar surface area (TPSA) is 86.7 Å². The van der Waals surface area contributed by atoms with Crippen LogP contribution in [0.15, 0.2) is 64.0 Å². The number of hydrogen-bond donors (Lipinski definition) is 0. The van der Waals surface area contributed by atoms with Crippen LogP contribution in [0.5, 0.6) is 0 Å². The van der Waals surface area contributed by atoms with E-state index in [9.17, 15) is 9.59 Å². The molecule has 6 nitrogen and oxygen atoms in total. The lowest BCUT2D eigenvalue weighted by atomic mass is 9.93. The average Bonchev–Trinajstić information content (AvgIpc) is 3.54. The van der Waals surface area contributed by atoms with E-state index < -0.39 is 5.63 Å². The van der Waals surface area contributed by atoms with Crippen LogP contribution in [0, 0.1) is 13.8 Å². The minimum absolute atomic E-state index is 0.0154. The predicted octanol–water partition coefficient (Wildman–Crippen LogP) is 6.93. The molecule has 1 aliphatic carbocycles. The molecule has 6 aromatic rings. The molecule has 174 valence electrons. The van der Waals surface area contributed by atoms with Crippen LogP contribution >= 0.6 is 11.6 Å². The Bertz CT molecular complexity index is 1970. The Morgan fingerprint density at radius 1 is 0.829 bits per heavy atom. The first-order chi connectivity index (χ1) is 16.9. The first-order valence-corrected chi connectivity index (χ1v) is 11.9. The van der Waals surface area contributed by atoms with Crippen molar-refractivity contribution < 1.29 is 17.7 Å². The van der Waals surface area contributed by atoms with E-state index in [1.165, 1.54) is 0 Å². The highest BCUT2D eigenvalue weighted by Crippen LogP contribution is 2.40. The molecule has 4 heterocycles. The van der Waals surface area contributed by atoms with Gasteiger partial charge in [-0.15, -0.1) is 0 Å². The van der Waals surface area contributed by atoms with Gasteiger partial charge in [0, 0.05) is 39.2 Å². The standard InChI is InChI=1S/C28H19ClO6/c1-12-10-32-21-8-24-20(6-17(12)21)16-4-3-14(25(16)27(30)34-24)5-15-11-33-22-9-23-18(7-19(15)22)13(2)26(29)28(31)35-23/h6-11,14H,3-5H2,1-2H3. The number of fused-ring (bicyclic) bond motifs is 6. The lowest BCUT2D eigenvalue weighted by Gasteiger charge is -2.10. The van der Waals surface area contributed by atoms with Crippen molar-refractivity contribution in [3.63, 3.8) is 0 Å². The molecule has 0 saturated carbocycles. The Labute approximate surface area is 202 Å². The minimum Gasteiger partial charge on any atom is -0.464 e. The number of rotatable bonds is 2. The Kier molecular flexibility index (Phi) is 4.19. The third kappa shape index (κ3) is 2.89. The molecule has 4 aromatic heterocycles. The summed E-state index contributed by atoms with van der Waals surface area (Å²) in [7, 11) is 0. The van der Waals surface area contributed by atoms with Gasteiger partial charge in [-0.1, -0.05) is 11.6 Å². The highest BCUT2D eigenvalue weighted by molar-refractivity contribution is 6.32. The van der Waals surface area contributed by atoms with E-state index in [4.69, 9.17) is 29.3 Å². The summed E-state index contributed by atoms with van der Waals surface area (Å²) >= 11 is 6.14. The van der Waals surface area contributed by atoms with Crippen molar-refractivity contribution in [2.24, 2.45) is 0 Å². The summed E-state index contributed by atoms with van der Waals surface area (Å²) in [5, 5.41) is 3.77. The van der Waals surface area contributed by atoms with Crippen LogP contribution in [0.25, 0.3) is 43.9 Å². The van der Waals surface area contributed by atoms with Crippen molar-refractivity contribution >= 4 is 55.5 Å². The smallest absolute Gasteiger partial charge is 0.355 e. The molecular formula is C28H19ClO6. The van der Waals surface area contributed by atoms with Crippen molar-refractivity contribution in [2.75, 3.05) is 0 Å². The van der Waals surface area contributed by atoms with Crippen LogP contribution in [0.2, 0.25) is 5.02 Å². The second-order valence-corrected chi connectivity index (χ2v) is 9.80. The van der Waals surface area contributed by atoms with E-state index in [1.54, 1.807) is 25.5 Å². The maximum atomic E-state index is 13.1. The van der Waals surface area contributed by atoms with Crippen molar-refractivity contribution in [2.45, 2.75) is 39.0 Å². The Balaban J connectivity index is 1.35. The lowest BCUT2D eigenvalue weighted by molar-refractivity contribution is 0.536. The van der Waals surface area contributed by atoms with Gasteiger partial charge >= 0.3 is 11.3 Å². The number of benzene rings is 2. The summed E-state index contributed by atoms with van der Waals surface area (Å²) in [6.07, 6.45) is 5.74. The van der Waals surface area contributed by atoms with Crippen LogP contribution in [-0.2, 0) is 12.8 Å². The van der Waals surface area contributed by atoms with Gasteiger partial charge in [-0.25, -0.2) is 9.59 Å². The fourth-order valence-electron chi connectivity index (χ4n) is 5.60. The fraction of sp³-hybridized carbons (Fsp3) is 0.214. The van der Waals surface area contributed by atoms with Crippen molar-refractivity contribution in [1.82, 2.24) is 0 Å². The zero-order valence-corrected chi connectivity index (χ0v) is 19.7. The first-order valence-electron chi connectivity index (χ1n) is 11.5. The van der Waals surface area contributed by atoms with Crippen molar-refractivity contribution in [3.05, 3.63) is 90.5 Å². The molecule has 0 fully saturated rings. The van der Waals surface area contributed by atoms with E-state index in [2.05, 4.69) is 6.07 Å². The zero-order chi connectivity index (χ0) is 24.0. The summed E-state index contributed by atoms with van der Waals surface area (Å²) in [6, 6.07) is 7.56. The van der Waals surface area contributed by atoms with E-state index in [0.717, 1.165) is 62.2 Å². The van der Waals surface area contributed by atoms with Gasteiger partial charge in [0.15, 0.2) is 0 Å². The molecular weight excluding hydrogens is 468 g/mol.